The van der Waals surface area contributed by atoms with Crippen molar-refractivity contribution in [3.05, 3.63) is 131 Å². The molecule has 6 nitrogen and oxygen atoms in total. The first-order chi connectivity index (χ1) is 19.7. The number of anilines is 1. The van der Waals surface area contributed by atoms with Gasteiger partial charge in [0, 0.05) is 26.2 Å². The third-order valence-electron chi connectivity index (χ3n) is 7.77. The molecular weight excluding hydrogens is 530 g/mol. The van der Waals surface area contributed by atoms with Crippen molar-refractivity contribution in [1.29, 1.82) is 0 Å². The minimum absolute atomic E-state index is 0.0864. The van der Waals surface area contributed by atoms with Crippen LogP contribution in [0, 0.1) is 20.8 Å². The molecular formula is C34H37N3O3S. The number of aryl methyl sites for hydroxylation is 3. The number of amides is 1. The maximum absolute atomic E-state index is 13.9. The molecule has 1 aliphatic heterocycles. The van der Waals surface area contributed by atoms with Gasteiger partial charge in [-0.3, -0.25) is 14.0 Å². The highest BCUT2D eigenvalue weighted by Gasteiger charge is 2.32. The number of sulfonamides is 1. The quantitative estimate of drug-likeness (QED) is 0.272. The molecule has 7 heteroatoms. The van der Waals surface area contributed by atoms with E-state index in [0.29, 0.717) is 31.9 Å². The van der Waals surface area contributed by atoms with Crippen LogP contribution in [0.5, 0.6) is 0 Å². The molecule has 1 aliphatic rings. The third kappa shape index (κ3) is 6.37. The summed E-state index contributed by atoms with van der Waals surface area (Å²) in [6, 6.07) is 33.4. The van der Waals surface area contributed by atoms with Gasteiger partial charge in [-0.2, -0.15) is 0 Å². The summed E-state index contributed by atoms with van der Waals surface area (Å²) < 4.78 is 29.1. The van der Waals surface area contributed by atoms with Crippen LogP contribution in [0.1, 0.15) is 33.9 Å². The zero-order valence-corrected chi connectivity index (χ0v) is 24.7. The van der Waals surface area contributed by atoms with E-state index in [1.165, 1.54) is 15.4 Å². The zero-order valence-electron chi connectivity index (χ0n) is 23.9. The van der Waals surface area contributed by atoms with E-state index in [9.17, 15) is 13.2 Å². The van der Waals surface area contributed by atoms with Crippen molar-refractivity contribution in [3.63, 3.8) is 0 Å². The van der Waals surface area contributed by atoms with E-state index in [-0.39, 0.29) is 23.4 Å². The van der Waals surface area contributed by atoms with Gasteiger partial charge < -0.3 is 4.90 Å². The first-order valence-corrected chi connectivity index (χ1v) is 15.5. The molecule has 0 N–H and O–H groups in total. The Balaban J connectivity index is 1.37. The number of hydrogen-bond donors (Lipinski definition) is 0. The summed E-state index contributed by atoms with van der Waals surface area (Å²) in [6.45, 7) is 7.96. The van der Waals surface area contributed by atoms with E-state index in [1.54, 1.807) is 35.2 Å². The predicted octanol–water partition coefficient (Wildman–Crippen LogP) is 5.74. The number of hydrogen-bond acceptors (Lipinski definition) is 4. The molecule has 1 fully saturated rings. The van der Waals surface area contributed by atoms with Crippen molar-refractivity contribution in [2.45, 2.75) is 31.7 Å². The van der Waals surface area contributed by atoms with E-state index >= 15 is 0 Å². The minimum atomic E-state index is -3.96. The lowest BCUT2D eigenvalue weighted by molar-refractivity contribution is -0.131. The number of carbonyl (C=O) groups excluding carboxylic acids is 1. The summed E-state index contributed by atoms with van der Waals surface area (Å²) >= 11 is 0. The Morgan fingerprint density at radius 1 is 0.732 bits per heavy atom. The van der Waals surface area contributed by atoms with Crippen molar-refractivity contribution in [1.82, 2.24) is 9.80 Å². The van der Waals surface area contributed by atoms with Crippen LogP contribution in [0.15, 0.2) is 108 Å². The molecule has 0 aliphatic carbocycles. The summed E-state index contributed by atoms with van der Waals surface area (Å²) in [5, 5.41) is 0. The molecule has 4 aromatic rings. The normalized spacial score (nSPS) is 14.3. The molecule has 0 atom stereocenters. The third-order valence-corrected chi connectivity index (χ3v) is 9.55. The predicted molar refractivity (Wildman–Crippen MR) is 165 cm³/mol. The molecule has 0 spiro atoms. The molecule has 0 bridgehead atoms. The highest BCUT2D eigenvalue weighted by atomic mass is 32.2. The van der Waals surface area contributed by atoms with Crippen LogP contribution >= 0.6 is 0 Å². The molecule has 0 unspecified atom stereocenters. The summed E-state index contributed by atoms with van der Waals surface area (Å²) in [5.41, 5.74) is 5.77. The Morgan fingerprint density at radius 3 is 1.80 bits per heavy atom. The van der Waals surface area contributed by atoms with E-state index in [0.717, 1.165) is 16.7 Å². The summed E-state index contributed by atoms with van der Waals surface area (Å²) in [7, 11) is -3.96. The number of rotatable bonds is 8. The number of carbonyl (C=O) groups is 1. The fraction of sp³-hybridized carbons (Fsp3) is 0.265. The van der Waals surface area contributed by atoms with Gasteiger partial charge in [-0.15, -0.1) is 0 Å². The van der Waals surface area contributed by atoms with Gasteiger partial charge in [-0.1, -0.05) is 96.1 Å². The number of nitrogens with zero attached hydrogens (tertiary/aromatic N) is 3. The van der Waals surface area contributed by atoms with Gasteiger partial charge in [-0.25, -0.2) is 8.42 Å². The molecule has 41 heavy (non-hydrogen) atoms. The van der Waals surface area contributed by atoms with Gasteiger partial charge in [-0.05, 0) is 55.7 Å². The fourth-order valence-corrected chi connectivity index (χ4v) is 7.04. The van der Waals surface area contributed by atoms with E-state index in [2.05, 4.69) is 53.4 Å². The van der Waals surface area contributed by atoms with Crippen LogP contribution in [0.3, 0.4) is 0 Å². The summed E-state index contributed by atoms with van der Waals surface area (Å²) in [5.74, 6) is -0.198. The van der Waals surface area contributed by atoms with E-state index in [4.69, 9.17) is 0 Å². The SMILES string of the molecule is Cc1ccc(S(=O)(=O)N(CC(=O)N2CCN(C(c3ccccc3)c3ccccc3)CC2)c2ccc(C)cc2C)cc1. The van der Waals surface area contributed by atoms with Crippen molar-refractivity contribution < 1.29 is 13.2 Å². The van der Waals surface area contributed by atoms with Crippen LogP contribution in [0.25, 0.3) is 0 Å². The Morgan fingerprint density at radius 2 is 1.27 bits per heavy atom. The molecule has 5 rings (SSSR count). The minimum Gasteiger partial charge on any atom is -0.339 e. The van der Waals surface area contributed by atoms with Gasteiger partial charge in [0.05, 0.1) is 16.6 Å². The van der Waals surface area contributed by atoms with Crippen LogP contribution in [0.2, 0.25) is 0 Å². The van der Waals surface area contributed by atoms with Crippen LogP contribution < -0.4 is 4.31 Å². The largest absolute Gasteiger partial charge is 0.339 e. The molecule has 4 aromatic carbocycles. The molecule has 1 amide bonds. The highest BCUT2D eigenvalue weighted by molar-refractivity contribution is 7.92. The number of piperazine rings is 1. The average Bonchev–Trinajstić information content (AvgIpc) is 2.98. The summed E-state index contributed by atoms with van der Waals surface area (Å²) in [6.07, 6.45) is 0. The van der Waals surface area contributed by atoms with Gasteiger partial charge >= 0.3 is 0 Å². The lowest BCUT2D eigenvalue weighted by Gasteiger charge is -2.40. The molecule has 0 saturated carbocycles. The lowest BCUT2D eigenvalue weighted by atomic mass is 9.96. The molecule has 212 valence electrons. The smallest absolute Gasteiger partial charge is 0.264 e. The second-order valence-electron chi connectivity index (χ2n) is 10.8. The monoisotopic (exact) mass is 567 g/mol. The topological polar surface area (TPSA) is 60.9 Å². The first-order valence-electron chi connectivity index (χ1n) is 14.0. The zero-order chi connectivity index (χ0) is 29.0. The van der Waals surface area contributed by atoms with Crippen LogP contribution in [-0.2, 0) is 14.8 Å². The number of benzene rings is 4. The average molecular weight is 568 g/mol. The van der Waals surface area contributed by atoms with Crippen molar-refractivity contribution in [2.24, 2.45) is 0 Å². The second kappa shape index (κ2) is 12.3. The Hall–Kier alpha value is -3.94. The lowest BCUT2D eigenvalue weighted by Crippen LogP contribution is -2.52. The summed E-state index contributed by atoms with van der Waals surface area (Å²) in [4.78, 5) is 18.1. The molecule has 0 aromatic heterocycles. The second-order valence-corrected chi connectivity index (χ2v) is 12.6. The first kappa shape index (κ1) is 28.6. The molecule has 0 radical (unpaired) electrons. The van der Waals surface area contributed by atoms with Crippen LogP contribution in [-0.4, -0.2) is 56.8 Å². The van der Waals surface area contributed by atoms with Gasteiger partial charge in [0.25, 0.3) is 10.0 Å². The maximum atomic E-state index is 13.9. The Labute approximate surface area is 243 Å². The van der Waals surface area contributed by atoms with Gasteiger partial charge in [0.1, 0.15) is 6.54 Å². The molecule has 1 heterocycles. The standard InChI is InChI=1S/C34H37N3O3S/c1-26-14-17-31(18-15-26)41(39,40)37(32-19-16-27(2)24-28(32)3)25-33(38)35-20-22-36(23-21-35)34(29-10-6-4-7-11-29)30-12-8-5-9-13-30/h4-19,24,34H,20-23,25H2,1-3H3. The van der Waals surface area contributed by atoms with E-state index in [1.807, 2.05) is 45.0 Å². The Bertz CT molecular complexity index is 1540. The highest BCUT2D eigenvalue weighted by Crippen LogP contribution is 2.31. The maximum Gasteiger partial charge on any atom is 0.264 e. The van der Waals surface area contributed by atoms with Crippen LogP contribution in [0.4, 0.5) is 5.69 Å². The molecule has 1 saturated heterocycles. The van der Waals surface area contributed by atoms with Gasteiger partial charge in [0.15, 0.2) is 0 Å². The van der Waals surface area contributed by atoms with E-state index < -0.39 is 10.0 Å². The van der Waals surface area contributed by atoms with Crippen molar-refractivity contribution in [3.8, 4) is 0 Å². The Kier molecular flexibility index (Phi) is 8.57. The van der Waals surface area contributed by atoms with Crippen molar-refractivity contribution >= 4 is 21.6 Å². The van der Waals surface area contributed by atoms with Gasteiger partial charge in [0.2, 0.25) is 5.91 Å². The van der Waals surface area contributed by atoms with Crippen molar-refractivity contribution in [2.75, 3.05) is 37.0 Å². The fourth-order valence-electron chi connectivity index (χ4n) is 5.56.